The fourth-order valence-corrected chi connectivity index (χ4v) is 1.50. The van der Waals surface area contributed by atoms with Crippen molar-refractivity contribution in [1.82, 2.24) is 0 Å². The van der Waals surface area contributed by atoms with Gasteiger partial charge in [0, 0.05) is 0 Å². The summed E-state index contributed by atoms with van der Waals surface area (Å²) in [6.07, 6.45) is 0.994. The van der Waals surface area contributed by atoms with Crippen molar-refractivity contribution in [2.45, 2.75) is 39.7 Å². The molecule has 0 bridgehead atoms. The summed E-state index contributed by atoms with van der Waals surface area (Å²) in [7, 11) is 0. The van der Waals surface area contributed by atoms with E-state index < -0.39 is 0 Å². The lowest BCUT2D eigenvalue weighted by Gasteiger charge is -2.10. The third kappa shape index (κ3) is 2.31. The lowest BCUT2D eigenvalue weighted by Crippen LogP contribution is -1.96. The van der Waals surface area contributed by atoms with Crippen LogP contribution in [0.4, 0.5) is 0 Å². The molecule has 0 aliphatic carbocycles. The van der Waals surface area contributed by atoms with Gasteiger partial charge in [-0.2, -0.15) is 0 Å². The van der Waals surface area contributed by atoms with Crippen molar-refractivity contribution in [3.63, 3.8) is 0 Å². The van der Waals surface area contributed by atoms with Crippen LogP contribution in [0.15, 0.2) is 18.2 Å². The molecule has 1 heteroatoms. The summed E-state index contributed by atoms with van der Waals surface area (Å²) in [5.41, 5.74) is 3.64. The molecule has 0 aromatic heterocycles. The van der Waals surface area contributed by atoms with E-state index in [0.29, 0.717) is 5.92 Å². The largest absolute Gasteiger partial charge is 0.392 e. The number of hydrogen-bond acceptors (Lipinski definition) is 1. The molecule has 1 aromatic carbocycles. The van der Waals surface area contributed by atoms with Gasteiger partial charge in [-0.3, -0.25) is 0 Å². The molecule has 1 rings (SSSR count). The van der Waals surface area contributed by atoms with Crippen molar-refractivity contribution in [2.75, 3.05) is 0 Å². The van der Waals surface area contributed by atoms with Gasteiger partial charge in [0.2, 0.25) is 0 Å². The molecule has 0 unspecified atom stereocenters. The van der Waals surface area contributed by atoms with Gasteiger partial charge in [0.15, 0.2) is 0 Å². The fraction of sp³-hybridized carbons (Fsp3) is 0.500. The van der Waals surface area contributed by atoms with Crippen LogP contribution in [0.25, 0.3) is 0 Å². The Morgan fingerprint density at radius 2 is 1.92 bits per heavy atom. The predicted octanol–water partition coefficient (Wildman–Crippen LogP) is 2.86. The smallest absolute Gasteiger partial charge is 0.0684 e. The molecule has 1 aromatic rings. The number of aliphatic hydroxyl groups excluding tert-OH is 1. The Morgan fingerprint density at radius 3 is 2.38 bits per heavy atom. The second kappa shape index (κ2) is 4.43. The first-order chi connectivity index (χ1) is 6.19. The Balaban J connectivity index is 3.05. The van der Waals surface area contributed by atoms with Crippen LogP contribution < -0.4 is 0 Å². The van der Waals surface area contributed by atoms with Crippen LogP contribution in [-0.4, -0.2) is 5.11 Å². The normalized spacial score (nSPS) is 10.8. The van der Waals surface area contributed by atoms with Crippen molar-refractivity contribution in [1.29, 1.82) is 0 Å². The third-order valence-corrected chi connectivity index (χ3v) is 2.45. The molecule has 0 aliphatic heterocycles. The first-order valence-corrected chi connectivity index (χ1v) is 4.91. The van der Waals surface area contributed by atoms with E-state index in [-0.39, 0.29) is 6.61 Å². The highest BCUT2D eigenvalue weighted by Gasteiger charge is 2.03. The van der Waals surface area contributed by atoms with Gasteiger partial charge >= 0.3 is 0 Å². The van der Waals surface area contributed by atoms with Crippen LogP contribution in [0.3, 0.4) is 0 Å². The van der Waals surface area contributed by atoms with Gasteiger partial charge in [0.1, 0.15) is 0 Å². The first-order valence-electron chi connectivity index (χ1n) is 4.91. The molecule has 0 heterocycles. The van der Waals surface area contributed by atoms with E-state index in [2.05, 4.69) is 39.0 Å². The lowest BCUT2D eigenvalue weighted by atomic mass is 9.96. The predicted molar refractivity (Wildman–Crippen MR) is 55.8 cm³/mol. The van der Waals surface area contributed by atoms with Crippen molar-refractivity contribution >= 4 is 0 Å². The SMILES string of the molecule is CCc1ccc(C(C)C)cc1CO. The van der Waals surface area contributed by atoms with E-state index in [1.165, 1.54) is 11.1 Å². The Morgan fingerprint density at radius 1 is 1.23 bits per heavy atom. The molecule has 0 fully saturated rings. The van der Waals surface area contributed by atoms with E-state index in [1.54, 1.807) is 0 Å². The van der Waals surface area contributed by atoms with E-state index in [9.17, 15) is 0 Å². The van der Waals surface area contributed by atoms with Gasteiger partial charge < -0.3 is 5.11 Å². The Hall–Kier alpha value is -0.820. The van der Waals surface area contributed by atoms with Gasteiger partial charge in [-0.1, -0.05) is 39.0 Å². The van der Waals surface area contributed by atoms with Gasteiger partial charge in [0.05, 0.1) is 6.61 Å². The number of rotatable bonds is 3. The maximum atomic E-state index is 9.16. The molecular weight excluding hydrogens is 160 g/mol. The van der Waals surface area contributed by atoms with Gasteiger partial charge in [0.25, 0.3) is 0 Å². The zero-order valence-corrected chi connectivity index (χ0v) is 8.67. The molecule has 0 amide bonds. The van der Waals surface area contributed by atoms with Crippen LogP contribution >= 0.6 is 0 Å². The quantitative estimate of drug-likeness (QED) is 0.754. The molecule has 1 N–H and O–H groups in total. The lowest BCUT2D eigenvalue weighted by molar-refractivity contribution is 0.280. The van der Waals surface area contributed by atoms with Crippen LogP contribution in [0.1, 0.15) is 43.4 Å². The summed E-state index contributed by atoms with van der Waals surface area (Å²) in [5.74, 6) is 0.538. The van der Waals surface area contributed by atoms with Crippen molar-refractivity contribution in [3.8, 4) is 0 Å². The van der Waals surface area contributed by atoms with Gasteiger partial charge in [-0.15, -0.1) is 0 Å². The molecule has 0 spiro atoms. The summed E-state index contributed by atoms with van der Waals surface area (Å²) in [4.78, 5) is 0. The fourth-order valence-electron chi connectivity index (χ4n) is 1.50. The van der Waals surface area contributed by atoms with Gasteiger partial charge in [-0.25, -0.2) is 0 Å². The molecule has 72 valence electrons. The second-order valence-electron chi connectivity index (χ2n) is 3.69. The van der Waals surface area contributed by atoms with Crippen molar-refractivity contribution in [2.24, 2.45) is 0 Å². The second-order valence-corrected chi connectivity index (χ2v) is 3.69. The summed E-state index contributed by atoms with van der Waals surface area (Å²) < 4.78 is 0. The minimum absolute atomic E-state index is 0.156. The number of hydrogen-bond donors (Lipinski definition) is 1. The molecule has 13 heavy (non-hydrogen) atoms. The zero-order valence-electron chi connectivity index (χ0n) is 8.67. The highest BCUT2D eigenvalue weighted by molar-refractivity contribution is 5.33. The first kappa shape index (κ1) is 10.3. The van der Waals surface area contributed by atoms with E-state index in [4.69, 9.17) is 5.11 Å². The molecule has 0 radical (unpaired) electrons. The van der Waals surface area contributed by atoms with E-state index in [1.807, 2.05) is 0 Å². The number of aliphatic hydroxyl groups is 1. The van der Waals surface area contributed by atoms with Gasteiger partial charge in [-0.05, 0) is 29.0 Å². The Kier molecular flexibility index (Phi) is 3.49. The molecule has 0 aliphatic rings. The zero-order chi connectivity index (χ0) is 9.84. The summed E-state index contributed by atoms with van der Waals surface area (Å²) in [6, 6.07) is 6.40. The Bertz CT molecular complexity index is 276. The molecule has 0 saturated heterocycles. The average molecular weight is 178 g/mol. The van der Waals surface area contributed by atoms with Crippen LogP contribution in [0.5, 0.6) is 0 Å². The third-order valence-electron chi connectivity index (χ3n) is 2.45. The average Bonchev–Trinajstić information content (AvgIpc) is 2.16. The highest BCUT2D eigenvalue weighted by atomic mass is 16.3. The van der Waals surface area contributed by atoms with Crippen LogP contribution in [-0.2, 0) is 13.0 Å². The van der Waals surface area contributed by atoms with Crippen molar-refractivity contribution in [3.05, 3.63) is 34.9 Å². The number of benzene rings is 1. The maximum absolute atomic E-state index is 9.16. The van der Waals surface area contributed by atoms with Crippen molar-refractivity contribution < 1.29 is 5.11 Å². The monoisotopic (exact) mass is 178 g/mol. The summed E-state index contributed by atoms with van der Waals surface area (Å²) in [5, 5.41) is 9.16. The molecule has 0 saturated carbocycles. The highest BCUT2D eigenvalue weighted by Crippen LogP contribution is 2.19. The molecule has 1 nitrogen and oxygen atoms in total. The standard InChI is InChI=1S/C12H18O/c1-4-10-5-6-11(9(2)3)7-12(10)8-13/h5-7,9,13H,4,8H2,1-3H3. The molecular formula is C12H18O. The van der Waals surface area contributed by atoms with Crippen LogP contribution in [0, 0.1) is 0 Å². The minimum atomic E-state index is 0.156. The van der Waals surface area contributed by atoms with E-state index in [0.717, 1.165) is 12.0 Å². The summed E-state index contributed by atoms with van der Waals surface area (Å²) in [6.45, 7) is 6.61. The maximum Gasteiger partial charge on any atom is 0.0684 e. The Labute approximate surface area is 80.4 Å². The number of aryl methyl sites for hydroxylation is 1. The topological polar surface area (TPSA) is 20.2 Å². The van der Waals surface area contributed by atoms with E-state index >= 15 is 0 Å². The van der Waals surface area contributed by atoms with Crippen LogP contribution in [0.2, 0.25) is 0 Å². The minimum Gasteiger partial charge on any atom is -0.392 e. The summed E-state index contributed by atoms with van der Waals surface area (Å²) >= 11 is 0. The molecule has 0 atom stereocenters.